The van der Waals surface area contributed by atoms with E-state index in [2.05, 4.69) is 0 Å². The second-order valence-electron chi connectivity index (χ2n) is 4.18. The zero-order valence-corrected chi connectivity index (χ0v) is 10.7. The molecule has 102 valence electrons. The Morgan fingerprint density at radius 3 is 2.65 bits per heavy atom. The van der Waals surface area contributed by atoms with Crippen molar-refractivity contribution in [3.63, 3.8) is 0 Å². The van der Waals surface area contributed by atoms with Crippen LogP contribution in [0.2, 0.25) is 0 Å². The van der Waals surface area contributed by atoms with E-state index >= 15 is 0 Å². The molecular formula is C9H19F2N3O2S. The average molecular weight is 271 g/mol. The molecule has 0 aromatic carbocycles. The molecule has 0 aromatic heterocycles. The maximum atomic E-state index is 12.2. The molecule has 1 aliphatic rings. The van der Waals surface area contributed by atoms with E-state index in [0.29, 0.717) is 17.3 Å². The highest BCUT2D eigenvalue weighted by molar-refractivity contribution is 7.86. The Morgan fingerprint density at radius 2 is 2.12 bits per heavy atom. The molecule has 17 heavy (non-hydrogen) atoms. The van der Waals surface area contributed by atoms with E-state index in [-0.39, 0.29) is 12.6 Å². The maximum absolute atomic E-state index is 12.2. The first-order chi connectivity index (χ1) is 7.89. The van der Waals surface area contributed by atoms with Crippen LogP contribution in [0.25, 0.3) is 0 Å². The van der Waals surface area contributed by atoms with Crippen molar-refractivity contribution in [3.8, 4) is 0 Å². The molecule has 0 amide bonds. The first-order valence-corrected chi connectivity index (χ1v) is 7.00. The summed E-state index contributed by atoms with van der Waals surface area (Å²) in [6, 6.07) is -0.270. The number of nitrogens with two attached hydrogens (primary N) is 1. The maximum Gasteiger partial charge on any atom is 0.282 e. The minimum absolute atomic E-state index is 0.224. The van der Waals surface area contributed by atoms with Crippen molar-refractivity contribution >= 4 is 10.2 Å². The van der Waals surface area contributed by atoms with Crippen LogP contribution in [-0.4, -0.2) is 56.2 Å². The van der Waals surface area contributed by atoms with Gasteiger partial charge >= 0.3 is 0 Å². The van der Waals surface area contributed by atoms with Gasteiger partial charge in [0.25, 0.3) is 16.6 Å². The van der Waals surface area contributed by atoms with Gasteiger partial charge in [0.05, 0.1) is 6.54 Å². The molecule has 0 aromatic rings. The van der Waals surface area contributed by atoms with Gasteiger partial charge in [0.2, 0.25) is 0 Å². The summed E-state index contributed by atoms with van der Waals surface area (Å²) < 4.78 is 50.5. The lowest BCUT2D eigenvalue weighted by Crippen LogP contribution is -2.52. The van der Waals surface area contributed by atoms with Gasteiger partial charge in [-0.1, -0.05) is 6.42 Å². The molecule has 1 rings (SSSR count). The Hall–Kier alpha value is -0.310. The van der Waals surface area contributed by atoms with Crippen LogP contribution in [0.5, 0.6) is 0 Å². The third kappa shape index (κ3) is 3.57. The zero-order valence-electron chi connectivity index (χ0n) is 9.85. The van der Waals surface area contributed by atoms with Crippen LogP contribution in [0.15, 0.2) is 0 Å². The standard InChI is InChI=1S/C9H19F2N3O2S/c1-13(7-9(10)11)17(15,16)14-5-3-2-4-8(14)6-12/h8-9H,2-7,12H2,1H3. The fourth-order valence-corrected chi connectivity index (χ4v) is 3.57. The Balaban J connectivity index is 2.80. The summed E-state index contributed by atoms with van der Waals surface area (Å²) in [6.45, 7) is -0.199. The lowest BCUT2D eigenvalue weighted by molar-refractivity contribution is 0.121. The van der Waals surface area contributed by atoms with E-state index in [1.54, 1.807) is 0 Å². The number of hydrogen-bond donors (Lipinski definition) is 1. The summed E-state index contributed by atoms with van der Waals surface area (Å²) in [4.78, 5) is 0. The van der Waals surface area contributed by atoms with Crippen LogP contribution < -0.4 is 5.73 Å². The molecule has 0 bridgehead atoms. The molecule has 8 heteroatoms. The highest BCUT2D eigenvalue weighted by atomic mass is 32.2. The molecule has 5 nitrogen and oxygen atoms in total. The summed E-state index contributed by atoms with van der Waals surface area (Å²) in [5.74, 6) is 0. The predicted octanol–water partition coefficient (Wildman–Crippen LogP) is 0.241. The van der Waals surface area contributed by atoms with Crippen molar-refractivity contribution in [1.29, 1.82) is 0 Å². The van der Waals surface area contributed by atoms with Crippen LogP contribution >= 0.6 is 0 Å². The Morgan fingerprint density at radius 1 is 1.47 bits per heavy atom. The van der Waals surface area contributed by atoms with E-state index < -0.39 is 23.2 Å². The molecule has 1 aliphatic heterocycles. The number of halogens is 2. The molecule has 0 aliphatic carbocycles. The Labute approximate surface area is 101 Å². The van der Waals surface area contributed by atoms with Gasteiger partial charge in [0.15, 0.2) is 0 Å². The predicted molar refractivity (Wildman–Crippen MR) is 61.0 cm³/mol. The monoisotopic (exact) mass is 271 g/mol. The van der Waals surface area contributed by atoms with Crippen LogP contribution in [0.4, 0.5) is 8.78 Å². The van der Waals surface area contributed by atoms with Crippen LogP contribution in [0, 0.1) is 0 Å². The summed E-state index contributed by atoms with van der Waals surface area (Å²) in [7, 11) is -2.64. The summed E-state index contributed by atoms with van der Waals surface area (Å²) in [5.41, 5.74) is 5.52. The Kier molecular flexibility index (Phi) is 5.23. The lowest BCUT2D eigenvalue weighted by Gasteiger charge is -2.36. The number of piperidine rings is 1. The topological polar surface area (TPSA) is 66.6 Å². The van der Waals surface area contributed by atoms with Gasteiger partial charge in [0, 0.05) is 26.2 Å². The van der Waals surface area contributed by atoms with Crippen LogP contribution in [0.1, 0.15) is 19.3 Å². The molecule has 1 fully saturated rings. The van der Waals surface area contributed by atoms with E-state index in [1.165, 1.54) is 11.4 Å². The van der Waals surface area contributed by atoms with E-state index in [0.717, 1.165) is 12.8 Å². The van der Waals surface area contributed by atoms with Gasteiger partial charge in [-0.3, -0.25) is 0 Å². The first-order valence-electron chi connectivity index (χ1n) is 5.61. The van der Waals surface area contributed by atoms with Crippen molar-refractivity contribution in [2.75, 3.05) is 26.7 Å². The van der Waals surface area contributed by atoms with Crippen molar-refractivity contribution in [1.82, 2.24) is 8.61 Å². The number of hydrogen-bond acceptors (Lipinski definition) is 3. The first kappa shape index (κ1) is 14.7. The van der Waals surface area contributed by atoms with Crippen molar-refractivity contribution < 1.29 is 17.2 Å². The van der Waals surface area contributed by atoms with Crippen LogP contribution in [0.3, 0.4) is 0 Å². The summed E-state index contributed by atoms with van der Waals surface area (Å²) in [6.07, 6.45) is -0.306. The molecule has 1 saturated heterocycles. The molecule has 0 spiro atoms. The number of nitrogens with zero attached hydrogens (tertiary/aromatic N) is 2. The summed E-state index contributed by atoms with van der Waals surface area (Å²) in [5, 5.41) is 0. The van der Waals surface area contributed by atoms with E-state index in [9.17, 15) is 17.2 Å². The molecular weight excluding hydrogens is 252 g/mol. The molecule has 0 saturated carbocycles. The number of alkyl halides is 2. The fraction of sp³-hybridized carbons (Fsp3) is 1.00. The third-order valence-electron chi connectivity index (χ3n) is 2.93. The largest absolute Gasteiger partial charge is 0.329 e. The second kappa shape index (κ2) is 6.03. The van der Waals surface area contributed by atoms with Crippen molar-refractivity contribution in [2.45, 2.75) is 31.7 Å². The van der Waals surface area contributed by atoms with Crippen molar-refractivity contribution in [2.24, 2.45) is 5.73 Å². The quantitative estimate of drug-likeness (QED) is 0.779. The highest BCUT2D eigenvalue weighted by Gasteiger charge is 2.35. The third-order valence-corrected chi connectivity index (χ3v) is 4.94. The smallest absolute Gasteiger partial charge is 0.282 e. The zero-order chi connectivity index (χ0) is 13.1. The molecule has 2 N–H and O–H groups in total. The average Bonchev–Trinajstić information content (AvgIpc) is 2.28. The minimum Gasteiger partial charge on any atom is -0.329 e. The molecule has 1 heterocycles. The van der Waals surface area contributed by atoms with Crippen molar-refractivity contribution in [3.05, 3.63) is 0 Å². The summed E-state index contributed by atoms with van der Waals surface area (Å²) >= 11 is 0. The van der Waals surface area contributed by atoms with Gasteiger partial charge in [-0.25, -0.2) is 8.78 Å². The van der Waals surface area contributed by atoms with Gasteiger partial charge < -0.3 is 5.73 Å². The minimum atomic E-state index is -3.81. The van der Waals surface area contributed by atoms with E-state index in [4.69, 9.17) is 5.73 Å². The van der Waals surface area contributed by atoms with Gasteiger partial charge in [-0.15, -0.1) is 0 Å². The molecule has 1 unspecified atom stereocenters. The lowest BCUT2D eigenvalue weighted by atomic mass is 10.1. The highest BCUT2D eigenvalue weighted by Crippen LogP contribution is 2.21. The second-order valence-corrected chi connectivity index (χ2v) is 6.16. The van der Waals surface area contributed by atoms with Gasteiger partial charge in [-0.05, 0) is 12.8 Å². The molecule has 1 atom stereocenters. The Bertz CT molecular complexity index is 337. The van der Waals surface area contributed by atoms with E-state index in [1.807, 2.05) is 0 Å². The SMILES string of the molecule is CN(CC(F)F)S(=O)(=O)N1CCCCC1CN. The van der Waals surface area contributed by atoms with Gasteiger partial charge in [-0.2, -0.15) is 17.0 Å². The number of rotatable bonds is 5. The normalized spacial score (nSPS) is 23.5. The molecule has 0 radical (unpaired) electrons. The van der Waals surface area contributed by atoms with Crippen LogP contribution in [-0.2, 0) is 10.2 Å². The van der Waals surface area contributed by atoms with Gasteiger partial charge in [0.1, 0.15) is 0 Å². The fourth-order valence-electron chi connectivity index (χ4n) is 1.98.